The van der Waals surface area contributed by atoms with Crippen molar-refractivity contribution in [2.45, 2.75) is 31.1 Å². The highest BCUT2D eigenvalue weighted by molar-refractivity contribution is 5.91. The lowest BCUT2D eigenvalue weighted by atomic mass is 9.74. The number of hydrogen-bond acceptors (Lipinski definition) is 2. The summed E-state index contributed by atoms with van der Waals surface area (Å²) in [5.41, 5.74) is 3.19. The molecule has 0 radical (unpaired) electrons. The number of nitrogens with zero attached hydrogens (tertiary/aromatic N) is 1. The molecule has 0 amide bonds. The molecule has 0 saturated heterocycles. The molecule has 1 fully saturated rings. The highest BCUT2D eigenvalue weighted by atomic mass is 19.1. The first-order chi connectivity index (χ1) is 10.3. The largest absolute Gasteiger partial charge is 0.411 e. The molecule has 3 heteroatoms. The second-order valence-corrected chi connectivity index (χ2v) is 5.58. The summed E-state index contributed by atoms with van der Waals surface area (Å²) in [5.74, 6) is 0.313. The van der Waals surface area contributed by atoms with Crippen LogP contribution in [0.4, 0.5) is 4.39 Å². The summed E-state index contributed by atoms with van der Waals surface area (Å²) in [7, 11) is 0. The molecule has 1 aliphatic carbocycles. The minimum absolute atomic E-state index is 0.139. The Morgan fingerprint density at radius 2 is 1.67 bits per heavy atom. The van der Waals surface area contributed by atoms with E-state index in [0.717, 1.165) is 30.5 Å². The molecule has 1 aliphatic rings. The first-order valence-corrected chi connectivity index (χ1v) is 7.29. The van der Waals surface area contributed by atoms with Crippen LogP contribution in [0.5, 0.6) is 0 Å². The van der Waals surface area contributed by atoms with Crippen LogP contribution in [0.1, 0.15) is 42.2 Å². The Balaban J connectivity index is 1.86. The SMILES string of the molecule is ON=C1CCC(c2ccc(F)cc2)CC1c1ccccc1. The molecule has 3 rings (SSSR count). The highest BCUT2D eigenvalue weighted by Crippen LogP contribution is 2.39. The van der Waals surface area contributed by atoms with Crippen LogP contribution in [-0.4, -0.2) is 10.9 Å². The topological polar surface area (TPSA) is 32.6 Å². The molecular formula is C18H18FNO. The van der Waals surface area contributed by atoms with E-state index in [1.807, 2.05) is 30.3 Å². The van der Waals surface area contributed by atoms with Crippen LogP contribution < -0.4 is 0 Å². The van der Waals surface area contributed by atoms with Gasteiger partial charge in [0.25, 0.3) is 0 Å². The third kappa shape index (κ3) is 2.97. The van der Waals surface area contributed by atoms with E-state index >= 15 is 0 Å². The molecule has 1 saturated carbocycles. The van der Waals surface area contributed by atoms with Gasteiger partial charge in [-0.3, -0.25) is 0 Å². The average Bonchev–Trinajstić information content (AvgIpc) is 2.56. The van der Waals surface area contributed by atoms with Gasteiger partial charge in [0, 0.05) is 5.92 Å². The van der Waals surface area contributed by atoms with E-state index in [1.54, 1.807) is 0 Å². The molecule has 21 heavy (non-hydrogen) atoms. The summed E-state index contributed by atoms with van der Waals surface area (Å²) in [6, 6.07) is 16.9. The van der Waals surface area contributed by atoms with E-state index in [9.17, 15) is 9.60 Å². The first kappa shape index (κ1) is 13.8. The van der Waals surface area contributed by atoms with E-state index in [0.29, 0.717) is 5.92 Å². The zero-order chi connectivity index (χ0) is 14.7. The summed E-state index contributed by atoms with van der Waals surface area (Å²) < 4.78 is 13.1. The molecule has 2 aromatic rings. The van der Waals surface area contributed by atoms with Crippen LogP contribution in [0.3, 0.4) is 0 Å². The minimum Gasteiger partial charge on any atom is -0.411 e. The molecule has 2 atom stereocenters. The predicted molar refractivity (Wildman–Crippen MR) is 81.4 cm³/mol. The van der Waals surface area contributed by atoms with E-state index in [2.05, 4.69) is 17.3 Å². The highest BCUT2D eigenvalue weighted by Gasteiger charge is 2.29. The monoisotopic (exact) mass is 283 g/mol. The van der Waals surface area contributed by atoms with Crippen LogP contribution in [0, 0.1) is 5.82 Å². The van der Waals surface area contributed by atoms with Gasteiger partial charge in [0.2, 0.25) is 0 Å². The van der Waals surface area contributed by atoms with Crippen molar-refractivity contribution in [2.24, 2.45) is 5.16 Å². The summed E-state index contributed by atoms with van der Waals surface area (Å²) >= 11 is 0. The van der Waals surface area contributed by atoms with Gasteiger partial charge >= 0.3 is 0 Å². The summed E-state index contributed by atoms with van der Waals surface area (Å²) in [6.07, 6.45) is 2.61. The molecule has 108 valence electrons. The van der Waals surface area contributed by atoms with Crippen molar-refractivity contribution in [1.29, 1.82) is 0 Å². The third-order valence-corrected chi connectivity index (χ3v) is 4.34. The Morgan fingerprint density at radius 1 is 0.952 bits per heavy atom. The zero-order valence-corrected chi connectivity index (χ0v) is 11.7. The molecule has 0 bridgehead atoms. The van der Waals surface area contributed by atoms with Gasteiger partial charge in [-0.25, -0.2) is 4.39 Å². The van der Waals surface area contributed by atoms with E-state index in [-0.39, 0.29) is 11.7 Å². The van der Waals surface area contributed by atoms with Crippen molar-refractivity contribution < 1.29 is 9.60 Å². The number of benzene rings is 2. The smallest absolute Gasteiger partial charge is 0.123 e. The fourth-order valence-electron chi connectivity index (χ4n) is 3.21. The fourth-order valence-corrected chi connectivity index (χ4v) is 3.21. The minimum atomic E-state index is -0.202. The van der Waals surface area contributed by atoms with Crippen molar-refractivity contribution in [2.75, 3.05) is 0 Å². The third-order valence-electron chi connectivity index (χ3n) is 4.34. The molecular weight excluding hydrogens is 265 g/mol. The van der Waals surface area contributed by atoms with Gasteiger partial charge in [-0.15, -0.1) is 0 Å². The quantitative estimate of drug-likeness (QED) is 0.628. The van der Waals surface area contributed by atoms with Crippen LogP contribution in [-0.2, 0) is 0 Å². The zero-order valence-electron chi connectivity index (χ0n) is 11.7. The van der Waals surface area contributed by atoms with E-state index < -0.39 is 0 Å². The normalized spacial score (nSPS) is 24.1. The molecule has 0 heterocycles. The van der Waals surface area contributed by atoms with Crippen LogP contribution in [0.2, 0.25) is 0 Å². The van der Waals surface area contributed by atoms with Gasteiger partial charge in [0.05, 0.1) is 5.71 Å². The maximum atomic E-state index is 13.1. The lowest BCUT2D eigenvalue weighted by Gasteiger charge is -2.30. The van der Waals surface area contributed by atoms with Gasteiger partial charge in [-0.1, -0.05) is 47.6 Å². The van der Waals surface area contributed by atoms with Crippen molar-refractivity contribution in [3.63, 3.8) is 0 Å². The van der Waals surface area contributed by atoms with Gasteiger partial charge in [-0.05, 0) is 48.4 Å². The Hall–Kier alpha value is -2.16. The second-order valence-electron chi connectivity index (χ2n) is 5.58. The number of hydrogen-bond donors (Lipinski definition) is 1. The molecule has 1 N–H and O–H groups in total. The molecule has 2 unspecified atom stereocenters. The van der Waals surface area contributed by atoms with Crippen molar-refractivity contribution in [3.8, 4) is 0 Å². The molecule has 0 aliphatic heterocycles. The van der Waals surface area contributed by atoms with Crippen LogP contribution in [0.25, 0.3) is 0 Å². The lowest BCUT2D eigenvalue weighted by molar-refractivity contribution is 0.311. The molecule has 2 aromatic carbocycles. The lowest BCUT2D eigenvalue weighted by Crippen LogP contribution is -2.22. The molecule has 2 nitrogen and oxygen atoms in total. The van der Waals surface area contributed by atoms with Gasteiger partial charge in [0.15, 0.2) is 0 Å². The Morgan fingerprint density at radius 3 is 2.33 bits per heavy atom. The number of oxime groups is 1. The first-order valence-electron chi connectivity index (χ1n) is 7.29. The second kappa shape index (κ2) is 6.08. The summed E-state index contributed by atoms with van der Waals surface area (Å²) in [6.45, 7) is 0. The standard InChI is InChI=1S/C18H18FNO/c19-16-9-6-13(7-10-16)15-8-11-18(20-21)17(12-15)14-4-2-1-3-5-14/h1-7,9-10,15,17,21H,8,11-12H2. The summed E-state index contributed by atoms with van der Waals surface area (Å²) in [4.78, 5) is 0. The van der Waals surface area contributed by atoms with Gasteiger partial charge < -0.3 is 5.21 Å². The Kier molecular flexibility index (Phi) is 4.00. The number of halogens is 1. The maximum absolute atomic E-state index is 13.1. The Labute approximate surface area is 123 Å². The maximum Gasteiger partial charge on any atom is 0.123 e. The fraction of sp³-hybridized carbons (Fsp3) is 0.278. The number of rotatable bonds is 2. The predicted octanol–water partition coefficient (Wildman–Crippen LogP) is 4.71. The van der Waals surface area contributed by atoms with Gasteiger partial charge in [-0.2, -0.15) is 0 Å². The Bertz CT molecular complexity index is 621. The van der Waals surface area contributed by atoms with Gasteiger partial charge in [0.1, 0.15) is 5.82 Å². The summed E-state index contributed by atoms with van der Waals surface area (Å²) in [5, 5.41) is 12.8. The van der Waals surface area contributed by atoms with E-state index in [1.165, 1.54) is 17.7 Å². The van der Waals surface area contributed by atoms with Crippen molar-refractivity contribution in [1.82, 2.24) is 0 Å². The van der Waals surface area contributed by atoms with Crippen LogP contribution in [0.15, 0.2) is 59.8 Å². The van der Waals surface area contributed by atoms with Crippen molar-refractivity contribution >= 4 is 5.71 Å². The molecule has 0 spiro atoms. The molecule has 0 aromatic heterocycles. The van der Waals surface area contributed by atoms with Crippen molar-refractivity contribution in [3.05, 3.63) is 71.5 Å². The van der Waals surface area contributed by atoms with Crippen LogP contribution >= 0.6 is 0 Å². The average molecular weight is 283 g/mol. The van der Waals surface area contributed by atoms with E-state index in [4.69, 9.17) is 0 Å².